The molecule has 0 radical (unpaired) electrons. The zero-order valence-corrected chi connectivity index (χ0v) is 26.2. The van der Waals surface area contributed by atoms with Crippen LogP contribution in [0.1, 0.15) is 45.2 Å². The van der Waals surface area contributed by atoms with E-state index in [1.165, 1.54) is 24.1 Å². The van der Waals surface area contributed by atoms with Crippen LogP contribution in [0.15, 0.2) is 77.7 Å². The summed E-state index contributed by atoms with van der Waals surface area (Å²) < 4.78 is 39.9. The maximum Gasteiger partial charge on any atom is 0.264 e. The number of hydrogen-bond acceptors (Lipinski definition) is 6. The second kappa shape index (κ2) is 13.7. The predicted octanol–water partition coefficient (Wildman–Crippen LogP) is 4.93. The molecule has 10 heteroatoms. The van der Waals surface area contributed by atoms with Crippen molar-refractivity contribution in [2.45, 2.75) is 64.1 Å². The quantitative estimate of drug-likeness (QED) is 0.318. The molecule has 0 bridgehead atoms. The van der Waals surface area contributed by atoms with Crippen LogP contribution < -0.4 is 19.1 Å². The highest BCUT2D eigenvalue weighted by atomic mass is 32.2. The van der Waals surface area contributed by atoms with E-state index in [2.05, 4.69) is 5.32 Å². The van der Waals surface area contributed by atoms with Crippen molar-refractivity contribution in [3.8, 4) is 11.5 Å². The van der Waals surface area contributed by atoms with E-state index in [0.29, 0.717) is 17.9 Å². The van der Waals surface area contributed by atoms with Crippen LogP contribution in [0.5, 0.6) is 11.5 Å². The van der Waals surface area contributed by atoms with Gasteiger partial charge < -0.3 is 19.7 Å². The minimum Gasteiger partial charge on any atom is -0.497 e. The molecule has 0 aliphatic carbocycles. The van der Waals surface area contributed by atoms with Crippen molar-refractivity contribution in [1.29, 1.82) is 0 Å². The van der Waals surface area contributed by atoms with Gasteiger partial charge in [-0.1, -0.05) is 48.9 Å². The lowest BCUT2D eigenvalue weighted by molar-refractivity contribution is -0.141. The third kappa shape index (κ3) is 8.03. The smallest absolute Gasteiger partial charge is 0.264 e. The standard InChI is InChI=1S/C32H41N3O6S/c1-8-27(31(37)33-32(3,4)5)34(21-24-15-17-25(40-6)18-16-24)30(36)22-35(28-11-9-10-12-29(28)41-7)42(38,39)26-19-13-23(2)14-20-26/h9-20,27H,8,21-22H2,1-7H3,(H,33,37)/t27-/m0/s1. The first-order valence-electron chi connectivity index (χ1n) is 13.8. The fourth-order valence-corrected chi connectivity index (χ4v) is 5.91. The van der Waals surface area contributed by atoms with Crippen molar-refractivity contribution >= 4 is 27.5 Å². The fourth-order valence-electron chi connectivity index (χ4n) is 4.49. The highest BCUT2D eigenvalue weighted by Crippen LogP contribution is 2.32. The number of nitrogens with one attached hydrogen (secondary N) is 1. The Kier molecular flexibility index (Phi) is 10.6. The van der Waals surface area contributed by atoms with Crippen molar-refractivity contribution < 1.29 is 27.5 Å². The van der Waals surface area contributed by atoms with E-state index in [1.807, 2.05) is 46.8 Å². The zero-order valence-electron chi connectivity index (χ0n) is 25.4. The number of methoxy groups -OCH3 is 2. The number of ether oxygens (including phenoxy) is 2. The van der Waals surface area contributed by atoms with E-state index in [-0.39, 0.29) is 23.0 Å². The number of carbonyl (C=O) groups excluding carboxylic acids is 2. The van der Waals surface area contributed by atoms with Crippen molar-refractivity contribution in [3.63, 3.8) is 0 Å². The van der Waals surface area contributed by atoms with E-state index in [1.54, 1.807) is 55.6 Å². The minimum atomic E-state index is -4.21. The highest BCUT2D eigenvalue weighted by molar-refractivity contribution is 7.92. The Bertz CT molecular complexity index is 1470. The monoisotopic (exact) mass is 595 g/mol. The number of para-hydroxylation sites is 2. The number of sulfonamides is 1. The van der Waals surface area contributed by atoms with Gasteiger partial charge in [0.15, 0.2) is 0 Å². The largest absolute Gasteiger partial charge is 0.497 e. The van der Waals surface area contributed by atoms with Crippen LogP contribution in [-0.2, 0) is 26.2 Å². The van der Waals surface area contributed by atoms with E-state index >= 15 is 0 Å². The first-order chi connectivity index (χ1) is 19.8. The van der Waals surface area contributed by atoms with Crippen molar-refractivity contribution in [2.24, 2.45) is 0 Å². The van der Waals surface area contributed by atoms with Gasteiger partial charge in [0, 0.05) is 12.1 Å². The number of amides is 2. The first-order valence-corrected chi connectivity index (χ1v) is 15.2. The van der Waals surface area contributed by atoms with Crippen LogP contribution >= 0.6 is 0 Å². The number of nitrogens with zero attached hydrogens (tertiary/aromatic N) is 2. The van der Waals surface area contributed by atoms with Crippen LogP contribution in [-0.4, -0.2) is 57.5 Å². The highest BCUT2D eigenvalue weighted by Gasteiger charge is 2.35. The second-order valence-corrected chi connectivity index (χ2v) is 12.9. The molecule has 0 unspecified atom stereocenters. The average molecular weight is 596 g/mol. The molecule has 9 nitrogen and oxygen atoms in total. The summed E-state index contributed by atoms with van der Waals surface area (Å²) in [5.74, 6) is 0.0845. The number of rotatable bonds is 12. The summed E-state index contributed by atoms with van der Waals surface area (Å²) in [7, 11) is -1.20. The van der Waals surface area contributed by atoms with Gasteiger partial charge in [-0.3, -0.25) is 13.9 Å². The molecule has 2 amide bonds. The maximum absolute atomic E-state index is 14.2. The second-order valence-electron chi connectivity index (χ2n) is 11.0. The van der Waals surface area contributed by atoms with Gasteiger partial charge in [-0.05, 0) is 76.1 Å². The van der Waals surface area contributed by atoms with E-state index < -0.39 is 34.1 Å². The molecule has 0 saturated heterocycles. The first kappa shape index (κ1) is 32.5. The summed E-state index contributed by atoms with van der Waals surface area (Å²) in [6.07, 6.45) is 0.323. The Morgan fingerprint density at radius 1 is 0.905 bits per heavy atom. The van der Waals surface area contributed by atoms with Gasteiger partial charge in [0.25, 0.3) is 10.0 Å². The molecular weight excluding hydrogens is 554 g/mol. The lowest BCUT2D eigenvalue weighted by Gasteiger charge is -2.35. The molecule has 3 aromatic rings. The van der Waals surface area contributed by atoms with Crippen LogP contribution in [0, 0.1) is 6.92 Å². The molecule has 0 saturated carbocycles. The van der Waals surface area contributed by atoms with Gasteiger partial charge in [0.05, 0.1) is 24.8 Å². The summed E-state index contributed by atoms with van der Waals surface area (Å²) in [6.45, 7) is 8.82. The molecule has 0 aliphatic heterocycles. The Morgan fingerprint density at radius 3 is 2.07 bits per heavy atom. The number of carbonyl (C=O) groups is 2. The summed E-state index contributed by atoms with van der Waals surface area (Å²) in [6, 6.07) is 19.4. The third-order valence-corrected chi connectivity index (χ3v) is 8.41. The number of hydrogen-bond donors (Lipinski definition) is 1. The van der Waals surface area contributed by atoms with Gasteiger partial charge in [0.1, 0.15) is 24.1 Å². The van der Waals surface area contributed by atoms with Crippen molar-refractivity contribution in [3.05, 3.63) is 83.9 Å². The lowest BCUT2D eigenvalue weighted by Crippen LogP contribution is -2.55. The van der Waals surface area contributed by atoms with Gasteiger partial charge in [0.2, 0.25) is 11.8 Å². The molecule has 42 heavy (non-hydrogen) atoms. The van der Waals surface area contributed by atoms with Gasteiger partial charge in [-0.2, -0.15) is 0 Å². The molecule has 0 aromatic heterocycles. The SMILES string of the molecule is CC[C@@H](C(=O)NC(C)(C)C)N(Cc1ccc(OC)cc1)C(=O)CN(c1ccccc1OC)S(=O)(=O)c1ccc(C)cc1. The molecular formula is C32H41N3O6S. The molecule has 0 fully saturated rings. The summed E-state index contributed by atoms with van der Waals surface area (Å²) >= 11 is 0. The van der Waals surface area contributed by atoms with Crippen molar-refractivity contribution in [1.82, 2.24) is 10.2 Å². The molecule has 0 aliphatic rings. The average Bonchev–Trinajstić information content (AvgIpc) is 2.95. The summed E-state index contributed by atoms with van der Waals surface area (Å²) in [5.41, 5.74) is 1.34. The van der Waals surface area contributed by atoms with Gasteiger partial charge in [-0.15, -0.1) is 0 Å². The third-order valence-electron chi connectivity index (χ3n) is 6.64. The summed E-state index contributed by atoms with van der Waals surface area (Å²) in [5, 5.41) is 2.97. The molecule has 1 N–H and O–H groups in total. The lowest BCUT2D eigenvalue weighted by atomic mass is 10.1. The Morgan fingerprint density at radius 2 is 1.52 bits per heavy atom. The molecule has 0 heterocycles. The van der Waals surface area contributed by atoms with Gasteiger partial charge in [-0.25, -0.2) is 8.42 Å². The van der Waals surface area contributed by atoms with E-state index in [0.717, 1.165) is 15.4 Å². The summed E-state index contributed by atoms with van der Waals surface area (Å²) in [4.78, 5) is 29.2. The van der Waals surface area contributed by atoms with E-state index in [4.69, 9.17) is 9.47 Å². The van der Waals surface area contributed by atoms with Crippen LogP contribution in [0.4, 0.5) is 5.69 Å². The number of anilines is 1. The minimum absolute atomic E-state index is 0.0334. The van der Waals surface area contributed by atoms with Gasteiger partial charge >= 0.3 is 0 Å². The van der Waals surface area contributed by atoms with Crippen LogP contribution in [0.2, 0.25) is 0 Å². The number of aryl methyl sites for hydroxylation is 1. The van der Waals surface area contributed by atoms with E-state index in [9.17, 15) is 18.0 Å². The molecule has 0 spiro atoms. The molecule has 226 valence electrons. The molecule has 3 rings (SSSR count). The number of benzene rings is 3. The topological polar surface area (TPSA) is 105 Å². The normalized spacial score (nSPS) is 12.3. The molecule has 3 aromatic carbocycles. The fraction of sp³-hybridized carbons (Fsp3) is 0.375. The van der Waals surface area contributed by atoms with Crippen molar-refractivity contribution in [2.75, 3.05) is 25.1 Å². The van der Waals surface area contributed by atoms with Crippen LogP contribution in [0.3, 0.4) is 0 Å². The predicted molar refractivity (Wildman–Crippen MR) is 164 cm³/mol. The van der Waals surface area contributed by atoms with Crippen LogP contribution in [0.25, 0.3) is 0 Å². The molecule has 1 atom stereocenters. The maximum atomic E-state index is 14.2. The Hall–Kier alpha value is -4.05. The zero-order chi connectivity index (χ0) is 31.1. The Labute approximate surface area is 249 Å². The Balaban J connectivity index is 2.10.